The molecule has 1 N–H and O–H groups in total. The molecule has 1 aliphatic rings. The Morgan fingerprint density at radius 3 is 2.88 bits per heavy atom. The van der Waals surface area contributed by atoms with Crippen LogP contribution in [0, 0.1) is 0 Å². The predicted octanol–water partition coefficient (Wildman–Crippen LogP) is 1.79. The number of aromatic amines is 1. The van der Waals surface area contributed by atoms with Gasteiger partial charge < -0.3 is 14.8 Å². The average Bonchev–Trinajstić information content (AvgIpc) is 3.29. The van der Waals surface area contributed by atoms with Crippen molar-refractivity contribution in [2.45, 2.75) is 18.9 Å². The molecule has 8 heteroatoms. The molecule has 128 valence electrons. The number of hydrogen-bond acceptors (Lipinski definition) is 6. The van der Waals surface area contributed by atoms with Crippen LogP contribution in [0.5, 0.6) is 0 Å². The number of likely N-dealkylation sites (tertiary alicyclic amines) is 1. The summed E-state index contributed by atoms with van der Waals surface area (Å²) in [5.74, 6) is 0.705. The molecule has 25 heavy (non-hydrogen) atoms. The normalized spacial score (nSPS) is 17.2. The van der Waals surface area contributed by atoms with Crippen molar-refractivity contribution in [1.82, 2.24) is 30.0 Å². The number of amides is 1. The molecule has 4 heterocycles. The first-order valence-electron chi connectivity index (χ1n) is 8.25. The Balaban J connectivity index is 1.60. The number of anilines is 1. The Morgan fingerprint density at radius 1 is 1.24 bits per heavy atom. The second-order valence-electron chi connectivity index (χ2n) is 6.34. The van der Waals surface area contributed by atoms with Gasteiger partial charge in [-0.15, -0.1) is 5.10 Å². The van der Waals surface area contributed by atoms with Crippen LogP contribution in [0.25, 0.3) is 11.2 Å². The third-order valence-electron chi connectivity index (χ3n) is 4.49. The van der Waals surface area contributed by atoms with Gasteiger partial charge in [0.15, 0.2) is 11.5 Å². The molecule has 0 radical (unpaired) electrons. The van der Waals surface area contributed by atoms with Gasteiger partial charge in [0.25, 0.3) is 5.91 Å². The van der Waals surface area contributed by atoms with Crippen molar-refractivity contribution in [3.05, 3.63) is 42.0 Å². The van der Waals surface area contributed by atoms with E-state index in [1.54, 1.807) is 12.4 Å². The number of imidazole rings is 1. The summed E-state index contributed by atoms with van der Waals surface area (Å²) < 4.78 is 0. The van der Waals surface area contributed by atoms with Crippen LogP contribution in [-0.4, -0.2) is 56.6 Å². The van der Waals surface area contributed by atoms with Gasteiger partial charge in [-0.2, -0.15) is 5.10 Å². The van der Waals surface area contributed by atoms with Gasteiger partial charge in [-0.05, 0) is 37.1 Å². The number of fused-ring (bicyclic) bond motifs is 1. The molecule has 1 unspecified atom stereocenters. The zero-order valence-electron chi connectivity index (χ0n) is 14.2. The summed E-state index contributed by atoms with van der Waals surface area (Å²) in [6, 6.07) is 7.38. The SMILES string of the molecule is CN(C)c1ccc(C2CCCN2C(=O)c2ccc3[nH]cnc3n2)nn1. The van der Waals surface area contributed by atoms with Crippen LogP contribution < -0.4 is 4.90 Å². The molecular weight excluding hydrogens is 318 g/mol. The molecule has 0 spiro atoms. The second-order valence-corrected chi connectivity index (χ2v) is 6.34. The van der Waals surface area contributed by atoms with Gasteiger partial charge in [0.1, 0.15) is 5.69 Å². The Kier molecular flexibility index (Phi) is 3.79. The molecule has 1 fully saturated rings. The highest BCUT2D eigenvalue weighted by atomic mass is 16.2. The lowest BCUT2D eigenvalue weighted by molar-refractivity contribution is 0.0727. The van der Waals surface area contributed by atoms with Crippen molar-refractivity contribution in [2.75, 3.05) is 25.5 Å². The minimum Gasteiger partial charge on any atom is -0.361 e. The maximum Gasteiger partial charge on any atom is 0.273 e. The molecule has 4 rings (SSSR count). The van der Waals surface area contributed by atoms with Crippen molar-refractivity contribution >= 4 is 22.9 Å². The van der Waals surface area contributed by atoms with Gasteiger partial charge in [0.2, 0.25) is 0 Å². The summed E-state index contributed by atoms with van der Waals surface area (Å²) in [5.41, 5.74) is 2.60. The molecule has 0 bridgehead atoms. The molecule has 3 aromatic heterocycles. The van der Waals surface area contributed by atoms with Crippen molar-refractivity contribution in [2.24, 2.45) is 0 Å². The van der Waals surface area contributed by atoms with Gasteiger partial charge in [-0.3, -0.25) is 4.79 Å². The van der Waals surface area contributed by atoms with Crippen molar-refractivity contribution in [3.63, 3.8) is 0 Å². The minimum atomic E-state index is -0.0918. The molecular formula is C17H19N7O. The lowest BCUT2D eigenvalue weighted by atomic mass is 10.1. The van der Waals surface area contributed by atoms with E-state index in [0.717, 1.165) is 29.9 Å². The quantitative estimate of drug-likeness (QED) is 0.783. The number of nitrogens with one attached hydrogen (secondary N) is 1. The van der Waals surface area contributed by atoms with E-state index in [0.29, 0.717) is 17.9 Å². The Morgan fingerprint density at radius 2 is 2.12 bits per heavy atom. The van der Waals surface area contributed by atoms with E-state index in [1.165, 1.54) is 0 Å². The van der Waals surface area contributed by atoms with Crippen molar-refractivity contribution < 1.29 is 4.79 Å². The van der Waals surface area contributed by atoms with E-state index >= 15 is 0 Å². The monoisotopic (exact) mass is 337 g/mol. The van der Waals surface area contributed by atoms with Gasteiger partial charge >= 0.3 is 0 Å². The molecule has 1 saturated heterocycles. The topological polar surface area (TPSA) is 90.9 Å². The van der Waals surface area contributed by atoms with Gasteiger partial charge in [0, 0.05) is 20.6 Å². The molecule has 0 aliphatic carbocycles. The molecule has 3 aromatic rings. The third-order valence-corrected chi connectivity index (χ3v) is 4.49. The van der Waals surface area contributed by atoms with Crippen molar-refractivity contribution in [3.8, 4) is 0 Å². The first-order valence-corrected chi connectivity index (χ1v) is 8.25. The van der Waals surface area contributed by atoms with E-state index < -0.39 is 0 Å². The molecule has 0 saturated carbocycles. The van der Waals surface area contributed by atoms with Crippen LogP contribution in [0.1, 0.15) is 35.1 Å². The maximum atomic E-state index is 12.9. The molecule has 1 amide bonds. The van der Waals surface area contributed by atoms with E-state index in [-0.39, 0.29) is 11.9 Å². The standard InChI is InChI=1S/C17H19N7O/c1-23(2)15-8-7-11(21-22-15)14-4-3-9-24(14)17(25)13-6-5-12-16(20-13)19-10-18-12/h5-8,10,14H,3-4,9H2,1-2H3,(H,18,19,20). The van der Waals surface area contributed by atoms with Gasteiger partial charge in [0.05, 0.1) is 23.6 Å². The number of rotatable bonds is 3. The summed E-state index contributed by atoms with van der Waals surface area (Å²) in [4.78, 5) is 28.2. The second kappa shape index (κ2) is 6.12. The highest BCUT2D eigenvalue weighted by Crippen LogP contribution is 2.32. The van der Waals surface area contributed by atoms with Gasteiger partial charge in [-0.25, -0.2) is 9.97 Å². The fourth-order valence-electron chi connectivity index (χ4n) is 3.16. The highest BCUT2D eigenvalue weighted by Gasteiger charge is 2.32. The fraction of sp³-hybridized carbons (Fsp3) is 0.353. The number of carbonyl (C=O) groups is 1. The van der Waals surface area contributed by atoms with Crippen LogP contribution >= 0.6 is 0 Å². The predicted molar refractivity (Wildman–Crippen MR) is 93.3 cm³/mol. The Bertz CT molecular complexity index is 903. The molecule has 1 aliphatic heterocycles. The largest absolute Gasteiger partial charge is 0.361 e. The summed E-state index contributed by atoms with van der Waals surface area (Å²) in [7, 11) is 3.85. The van der Waals surface area contributed by atoms with Crippen LogP contribution in [-0.2, 0) is 0 Å². The lowest BCUT2D eigenvalue weighted by Crippen LogP contribution is -2.31. The fourth-order valence-corrected chi connectivity index (χ4v) is 3.16. The highest BCUT2D eigenvalue weighted by molar-refractivity contribution is 5.94. The van der Waals surface area contributed by atoms with E-state index in [2.05, 4.69) is 25.1 Å². The summed E-state index contributed by atoms with van der Waals surface area (Å²) in [6.45, 7) is 0.695. The van der Waals surface area contributed by atoms with E-state index in [9.17, 15) is 4.79 Å². The van der Waals surface area contributed by atoms with E-state index in [1.807, 2.05) is 42.1 Å². The van der Waals surface area contributed by atoms with E-state index in [4.69, 9.17) is 0 Å². The van der Waals surface area contributed by atoms with Crippen LogP contribution in [0.3, 0.4) is 0 Å². The van der Waals surface area contributed by atoms with Crippen molar-refractivity contribution in [1.29, 1.82) is 0 Å². The Labute approximate surface area is 144 Å². The Hall–Kier alpha value is -3.03. The summed E-state index contributed by atoms with van der Waals surface area (Å²) >= 11 is 0. The molecule has 1 atom stereocenters. The number of hydrogen-bond donors (Lipinski definition) is 1. The summed E-state index contributed by atoms with van der Waals surface area (Å²) in [5, 5.41) is 8.56. The molecule has 8 nitrogen and oxygen atoms in total. The zero-order chi connectivity index (χ0) is 17.4. The lowest BCUT2D eigenvalue weighted by Gasteiger charge is -2.24. The number of aromatic nitrogens is 5. The third kappa shape index (κ3) is 2.79. The van der Waals surface area contributed by atoms with Crippen LogP contribution in [0.4, 0.5) is 5.82 Å². The first-order chi connectivity index (χ1) is 12.1. The number of pyridine rings is 1. The number of carbonyl (C=O) groups excluding carboxylic acids is 1. The minimum absolute atomic E-state index is 0.0621. The van der Waals surface area contributed by atoms with Crippen LogP contribution in [0.2, 0.25) is 0 Å². The maximum absolute atomic E-state index is 12.9. The zero-order valence-corrected chi connectivity index (χ0v) is 14.2. The number of nitrogens with zero attached hydrogens (tertiary/aromatic N) is 6. The number of H-pyrrole nitrogens is 1. The summed E-state index contributed by atoms with van der Waals surface area (Å²) in [6.07, 6.45) is 3.40. The average molecular weight is 337 g/mol. The smallest absolute Gasteiger partial charge is 0.273 e. The molecule has 0 aromatic carbocycles. The first kappa shape index (κ1) is 15.5. The van der Waals surface area contributed by atoms with Crippen LogP contribution in [0.15, 0.2) is 30.6 Å². The van der Waals surface area contributed by atoms with Gasteiger partial charge in [-0.1, -0.05) is 0 Å².